The third-order valence-corrected chi connectivity index (χ3v) is 13.0. The zero-order chi connectivity index (χ0) is 30.9. The summed E-state index contributed by atoms with van der Waals surface area (Å²) in [6.07, 6.45) is 1.05. The molecule has 0 saturated heterocycles. The van der Waals surface area contributed by atoms with Crippen LogP contribution in [-0.2, 0) is 17.6 Å². The number of carbonyl (C=O) groups is 1. The Balaban J connectivity index is 1.55. The standard InChI is InChI=1S/C35H46ClNO4Si/c1-34(2,3)40-33(39)37(23-32(38)27-10-9-11-29(36)21-27)30-17-14-25-12-13-26(20-28(25)22-30)24-15-18-31(19-16-24)41-42(7,8)35(4,5)6/h9-13,15-16,18-21,30,32,38H,14,17,22-23H2,1-8H3/t30-,32+/m0/s1. The van der Waals surface area contributed by atoms with Crippen LogP contribution in [0.15, 0.2) is 66.7 Å². The molecule has 0 saturated carbocycles. The molecule has 0 bridgehead atoms. The fourth-order valence-electron chi connectivity index (χ4n) is 5.05. The number of amides is 1. The Morgan fingerprint density at radius 2 is 1.64 bits per heavy atom. The minimum absolute atomic E-state index is 0.100. The van der Waals surface area contributed by atoms with Gasteiger partial charge in [0.15, 0.2) is 0 Å². The summed E-state index contributed by atoms with van der Waals surface area (Å²) < 4.78 is 12.3. The zero-order valence-electron chi connectivity index (χ0n) is 26.3. The highest BCUT2D eigenvalue weighted by Gasteiger charge is 2.39. The van der Waals surface area contributed by atoms with Crippen molar-refractivity contribution >= 4 is 26.0 Å². The van der Waals surface area contributed by atoms with Gasteiger partial charge in [-0.05, 0) is 110 Å². The third kappa shape index (κ3) is 7.97. The van der Waals surface area contributed by atoms with E-state index in [9.17, 15) is 9.90 Å². The van der Waals surface area contributed by atoms with E-state index in [-0.39, 0.29) is 17.6 Å². The summed E-state index contributed by atoms with van der Waals surface area (Å²) in [4.78, 5) is 15.2. The predicted molar refractivity (Wildman–Crippen MR) is 175 cm³/mol. The number of hydrogen-bond acceptors (Lipinski definition) is 4. The molecule has 1 aliphatic rings. The number of nitrogens with zero attached hydrogens (tertiary/aromatic N) is 1. The Hall–Kier alpha value is -2.80. The van der Waals surface area contributed by atoms with E-state index >= 15 is 0 Å². The Bertz CT molecular complexity index is 1390. The fraction of sp³-hybridized carbons (Fsp3) is 0.457. The summed E-state index contributed by atoms with van der Waals surface area (Å²) in [6, 6.07) is 22.1. The Morgan fingerprint density at radius 1 is 0.976 bits per heavy atom. The van der Waals surface area contributed by atoms with Gasteiger partial charge in [-0.1, -0.05) is 74.8 Å². The van der Waals surface area contributed by atoms with Crippen molar-refractivity contribution in [2.75, 3.05) is 6.54 Å². The molecule has 3 aromatic rings. The van der Waals surface area contributed by atoms with Gasteiger partial charge in [-0.25, -0.2) is 4.79 Å². The summed E-state index contributed by atoms with van der Waals surface area (Å²) in [5, 5.41) is 11.8. The second-order valence-electron chi connectivity index (χ2n) is 14.0. The summed E-state index contributed by atoms with van der Waals surface area (Å²) in [5.74, 6) is 0.912. The smallest absolute Gasteiger partial charge is 0.410 e. The van der Waals surface area contributed by atoms with Crippen molar-refractivity contribution in [3.63, 3.8) is 0 Å². The van der Waals surface area contributed by atoms with Crippen LogP contribution < -0.4 is 4.43 Å². The second kappa shape index (κ2) is 12.4. The van der Waals surface area contributed by atoms with Crippen LogP contribution in [0.3, 0.4) is 0 Å². The van der Waals surface area contributed by atoms with E-state index in [1.54, 1.807) is 17.0 Å². The molecule has 7 heteroatoms. The van der Waals surface area contributed by atoms with Gasteiger partial charge in [0, 0.05) is 11.1 Å². The van der Waals surface area contributed by atoms with E-state index in [1.165, 1.54) is 11.1 Å². The van der Waals surface area contributed by atoms with Gasteiger partial charge in [0.2, 0.25) is 8.32 Å². The maximum atomic E-state index is 13.4. The summed E-state index contributed by atoms with van der Waals surface area (Å²) in [6.45, 7) is 17.0. The molecule has 1 aliphatic carbocycles. The number of aliphatic hydroxyl groups is 1. The van der Waals surface area contributed by atoms with E-state index in [0.717, 1.165) is 29.7 Å². The van der Waals surface area contributed by atoms with Crippen LogP contribution in [0.2, 0.25) is 23.2 Å². The molecule has 42 heavy (non-hydrogen) atoms. The van der Waals surface area contributed by atoms with Gasteiger partial charge in [-0.3, -0.25) is 0 Å². The van der Waals surface area contributed by atoms with Crippen molar-refractivity contribution in [3.05, 3.63) is 88.4 Å². The van der Waals surface area contributed by atoms with E-state index in [4.69, 9.17) is 20.8 Å². The van der Waals surface area contributed by atoms with Crippen LogP contribution in [0.5, 0.6) is 5.75 Å². The summed E-state index contributed by atoms with van der Waals surface area (Å²) in [5.41, 5.74) is 4.81. The third-order valence-electron chi connectivity index (χ3n) is 8.45. The maximum absolute atomic E-state index is 13.4. The lowest BCUT2D eigenvalue weighted by molar-refractivity contribution is 0.00196. The van der Waals surface area contributed by atoms with Crippen LogP contribution in [0, 0.1) is 0 Å². The molecule has 1 amide bonds. The van der Waals surface area contributed by atoms with Crippen molar-refractivity contribution in [1.29, 1.82) is 0 Å². The number of aryl methyl sites for hydroxylation is 1. The average molecular weight is 608 g/mol. The molecule has 4 rings (SSSR count). The lowest BCUT2D eigenvalue weighted by Gasteiger charge is -2.37. The van der Waals surface area contributed by atoms with Crippen molar-refractivity contribution in [1.82, 2.24) is 4.90 Å². The minimum atomic E-state index is -1.91. The normalized spacial score (nSPS) is 16.4. The number of ether oxygens (including phenoxy) is 1. The van der Waals surface area contributed by atoms with E-state index in [2.05, 4.69) is 76.3 Å². The van der Waals surface area contributed by atoms with E-state index in [0.29, 0.717) is 17.0 Å². The van der Waals surface area contributed by atoms with Crippen LogP contribution in [0.1, 0.15) is 70.8 Å². The summed E-state index contributed by atoms with van der Waals surface area (Å²) >= 11 is 6.18. The molecule has 3 aromatic carbocycles. The lowest BCUT2D eigenvalue weighted by Crippen LogP contribution is -2.47. The molecule has 0 unspecified atom stereocenters. The number of halogens is 1. The van der Waals surface area contributed by atoms with E-state index < -0.39 is 26.1 Å². The highest BCUT2D eigenvalue weighted by molar-refractivity contribution is 6.74. The van der Waals surface area contributed by atoms with Crippen LogP contribution in [0.25, 0.3) is 11.1 Å². The zero-order valence-corrected chi connectivity index (χ0v) is 28.1. The quantitative estimate of drug-likeness (QED) is 0.272. The molecule has 2 atom stereocenters. The largest absolute Gasteiger partial charge is 0.544 e. The molecule has 0 aliphatic heterocycles. The molecule has 226 valence electrons. The van der Waals surface area contributed by atoms with Crippen molar-refractivity contribution in [2.24, 2.45) is 0 Å². The Kier molecular flexibility index (Phi) is 9.51. The van der Waals surface area contributed by atoms with Gasteiger partial charge in [-0.15, -0.1) is 0 Å². The van der Waals surface area contributed by atoms with Crippen molar-refractivity contribution in [2.45, 2.75) is 96.7 Å². The first-order valence-corrected chi connectivity index (χ1v) is 18.2. The SMILES string of the molecule is CC(C)(C)OC(=O)N(C[C@@H](O)c1cccc(Cl)c1)[C@H]1CCc2ccc(-c3ccc(O[Si](C)(C)C(C)(C)C)cc3)cc2C1. The molecule has 0 spiro atoms. The summed E-state index contributed by atoms with van der Waals surface area (Å²) in [7, 11) is -1.91. The van der Waals surface area contributed by atoms with Crippen molar-refractivity contribution < 1.29 is 19.1 Å². The van der Waals surface area contributed by atoms with Gasteiger partial charge in [0.1, 0.15) is 11.4 Å². The number of aliphatic hydroxyl groups excluding tert-OH is 1. The van der Waals surface area contributed by atoms with Gasteiger partial charge >= 0.3 is 6.09 Å². The van der Waals surface area contributed by atoms with Gasteiger partial charge in [-0.2, -0.15) is 0 Å². The van der Waals surface area contributed by atoms with Gasteiger partial charge < -0.3 is 19.2 Å². The first-order chi connectivity index (χ1) is 19.5. The molecule has 0 heterocycles. The van der Waals surface area contributed by atoms with Crippen LogP contribution in [0.4, 0.5) is 4.79 Å². The molecule has 5 nitrogen and oxygen atoms in total. The highest BCUT2D eigenvalue weighted by atomic mass is 35.5. The fourth-order valence-corrected chi connectivity index (χ4v) is 6.28. The number of benzene rings is 3. The molecular formula is C35H46ClNO4Si. The van der Waals surface area contributed by atoms with Gasteiger partial charge in [0.25, 0.3) is 0 Å². The van der Waals surface area contributed by atoms with E-state index in [1.807, 2.05) is 32.9 Å². The second-order valence-corrected chi connectivity index (χ2v) is 19.1. The molecule has 1 N–H and O–H groups in total. The molecule has 0 aromatic heterocycles. The number of fused-ring (bicyclic) bond motifs is 1. The number of hydrogen-bond donors (Lipinski definition) is 1. The first-order valence-electron chi connectivity index (χ1n) is 14.9. The number of rotatable bonds is 7. The average Bonchev–Trinajstić information content (AvgIpc) is 2.89. The number of carbonyl (C=O) groups excluding carboxylic acids is 1. The minimum Gasteiger partial charge on any atom is -0.544 e. The Morgan fingerprint density at radius 3 is 2.26 bits per heavy atom. The Labute approximate surface area is 257 Å². The topological polar surface area (TPSA) is 59.0 Å². The predicted octanol–water partition coefficient (Wildman–Crippen LogP) is 9.22. The lowest BCUT2D eigenvalue weighted by atomic mass is 9.85. The van der Waals surface area contributed by atoms with Crippen LogP contribution in [-0.4, -0.2) is 42.6 Å². The molecular weight excluding hydrogens is 562 g/mol. The first kappa shape index (κ1) is 32.1. The molecule has 0 fully saturated rings. The maximum Gasteiger partial charge on any atom is 0.410 e. The van der Waals surface area contributed by atoms with Crippen molar-refractivity contribution in [3.8, 4) is 16.9 Å². The highest BCUT2D eigenvalue weighted by Crippen LogP contribution is 2.38. The van der Waals surface area contributed by atoms with Crippen LogP contribution >= 0.6 is 11.6 Å². The monoisotopic (exact) mass is 607 g/mol. The molecule has 0 radical (unpaired) electrons. The van der Waals surface area contributed by atoms with Gasteiger partial charge in [0.05, 0.1) is 12.6 Å².